The van der Waals surface area contributed by atoms with Crippen LogP contribution in [0.5, 0.6) is 0 Å². The second kappa shape index (κ2) is 6.59. The van der Waals surface area contributed by atoms with Crippen molar-refractivity contribution in [2.24, 2.45) is 0 Å². The van der Waals surface area contributed by atoms with Crippen LogP contribution in [0.15, 0.2) is 60.8 Å². The first-order valence-corrected chi connectivity index (χ1v) is 7.62. The number of carbonyl (C=O) groups excluding carboxylic acids is 2. The lowest BCUT2D eigenvalue weighted by molar-refractivity contribution is -0.128. The second-order valence-electron chi connectivity index (χ2n) is 5.03. The molecule has 1 fully saturated rings. The van der Waals surface area contributed by atoms with Gasteiger partial charge in [-0.3, -0.25) is 19.8 Å². The van der Waals surface area contributed by atoms with Crippen molar-refractivity contribution in [3.63, 3.8) is 0 Å². The van der Waals surface area contributed by atoms with Gasteiger partial charge in [0.1, 0.15) is 5.57 Å². The number of para-hydroxylation sites is 1. The van der Waals surface area contributed by atoms with Crippen LogP contribution in [0, 0.1) is 0 Å². The Morgan fingerprint density at radius 3 is 2.67 bits per heavy atom. The highest BCUT2D eigenvalue weighted by atomic mass is 32.1. The zero-order valence-electron chi connectivity index (χ0n) is 12.7. The first-order chi connectivity index (χ1) is 11.6. The molecule has 1 aliphatic rings. The highest BCUT2D eigenvalue weighted by molar-refractivity contribution is 7.80. The molecule has 6 nitrogen and oxygen atoms in total. The molecule has 0 spiro atoms. The normalized spacial score (nSPS) is 16.4. The Hall–Kier alpha value is -3.06. The summed E-state index contributed by atoms with van der Waals surface area (Å²) in [5.74, 6) is -0.976. The Balaban J connectivity index is 2.01. The Morgan fingerprint density at radius 1 is 1.21 bits per heavy atom. The number of thiocarbonyl (C=S) groups is 1. The van der Waals surface area contributed by atoms with Crippen molar-refractivity contribution in [1.82, 2.24) is 20.0 Å². The summed E-state index contributed by atoms with van der Waals surface area (Å²) in [5, 5.41) is 6.85. The average molecular weight is 338 g/mol. The van der Waals surface area contributed by atoms with Crippen molar-refractivity contribution >= 4 is 35.2 Å². The quantitative estimate of drug-likeness (QED) is 0.399. The maximum atomic E-state index is 12.5. The zero-order chi connectivity index (χ0) is 17.1. The Morgan fingerprint density at radius 2 is 1.96 bits per heavy atom. The maximum Gasteiger partial charge on any atom is 0.266 e. The van der Waals surface area contributed by atoms with Crippen LogP contribution in [0.1, 0.15) is 5.69 Å². The third kappa shape index (κ3) is 2.89. The fraction of sp³-hybridized carbons (Fsp3) is 0.0588. The zero-order valence-corrected chi connectivity index (χ0v) is 13.5. The van der Waals surface area contributed by atoms with Gasteiger partial charge in [0.2, 0.25) is 0 Å². The molecule has 0 radical (unpaired) electrons. The molecule has 0 unspecified atom stereocenters. The number of amides is 2. The van der Waals surface area contributed by atoms with Crippen LogP contribution in [-0.2, 0) is 9.59 Å². The second-order valence-corrected chi connectivity index (χ2v) is 5.41. The van der Waals surface area contributed by atoms with E-state index < -0.39 is 11.8 Å². The van der Waals surface area contributed by atoms with Crippen LogP contribution in [0.2, 0.25) is 0 Å². The molecule has 2 amide bonds. The van der Waals surface area contributed by atoms with Crippen molar-refractivity contribution < 1.29 is 9.59 Å². The van der Waals surface area contributed by atoms with Crippen molar-refractivity contribution in [3.8, 4) is 5.69 Å². The maximum absolute atomic E-state index is 12.5. The predicted octanol–water partition coefficient (Wildman–Crippen LogP) is 1.68. The van der Waals surface area contributed by atoms with E-state index >= 15 is 0 Å². The molecule has 2 aromatic rings. The van der Waals surface area contributed by atoms with Crippen LogP contribution >= 0.6 is 12.2 Å². The van der Waals surface area contributed by atoms with Gasteiger partial charge in [-0.1, -0.05) is 24.3 Å². The van der Waals surface area contributed by atoms with E-state index in [9.17, 15) is 9.59 Å². The molecule has 1 aliphatic heterocycles. The monoisotopic (exact) mass is 338 g/mol. The lowest BCUT2D eigenvalue weighted by Gasteiger charge is -2.27. The third-order valence-electron chi connectivity index (χ3n) is 3.46. The molecule has 2 heterocycles. The van der Waals surface area contributed by atoms with Gasteiger partial charge in [0, 0.05) is 6.54 Å². The minimum atomic E-state index is -0.522. The van der Waals surface area contributed by atoms with E-state index in [1.54, 1.807) is 23.0 Å². The summed E-state index contributed by atoms with van der Waals surface area (Å²) in [6.07, 6.45) is 4.67. The number of benzene rings is 1. The molecule has 1 aromatic carbocycles. The first-order valence-electron chi connectivity index (χ1n) is 7.21. The molecular formula is C17H14N4O2S. The van der Waals surface area contributed by atoms with E-state index in [0.717, 1.165) is 5.69 Å². The molecule has 0 aliphatic carbocycles. The van der Waals surface area contributed by atoms with Gasteiger partial charge < -0.3 is 0 Å². The molecule has 1 aromatic heterocycles. The summed E-state index contributed by atoms with van der Waals surface area (Å²) < 4.78 is 1.65. The largest absolute Gasteiger partial charge is 0.298 e. The minimum Gasteiger partial charge on any atom is -0.298 e. The van der Waals surface area contributed by atoms with Gasteiger partial charge in [0.25, 0.3) is 11.8 Å². The third-order valence-corrected chi connectivity index (χ3v) is 3.78. The Bertz CT molecular complexity index is 854. The molecule has 3 rings (SSSR count). The smallest absolute Gasteiger partial charge is 0.266 e. The van der Waals surface area contributed by atoms with E-state index in [1.165, 1.54) is 11.0 Å². The fourth-order valence-electron chi connectivity index (χ4n) is 2.34. The molecule has 120 valence electrons. The molecule has 1 saturated heterocycles. The van der Waals surface area contributed by atoms with Gasteiger partial charge in [0.15, 0.2) is 5.11 Å². The SMILES string of the molecule is C=CCN1C(=O)/C(=C\c2ccnn2-c2ccccc2)C(=O)NC1=S. The van der Waals surface area contributed by atoms with Gasteiger partial charge in [-0.15, -0.1) is 6.58 Å². The fourth-order valence-corrected chi connectivity index (χ4v) is 2.59. The van der Waals surface area contributed by atoms with Crippen molar-refractivity contribution in [3.05, 3.63) is 66.5 Å². The molecular weight excluding hydrogens is 324 g/mol. The lowest BCUT2D eigenvalue weighted by Crippen LogP contribution is -2.53. The molecule has 0 bridgehead atoms. The number of nitrogens with one attached hydrogen (secondary N) is 1. The molecule has 1 N–H and O–H groups in total. The van der Waals surface area contributed by atoms with Crippen molar-refractivity contribution in [2.45, 2.75) is 0 Å². The number of hydrogen-bond donors (Lipinski definition) is 1. The van der Waals surface area contributed by atoms with Gasteiger partial charge in [-0.2, -0.15) is 5.10 Å². The van der Waals surface area contributed by atoms with Crippen LogP contribution in [0.3, 0.4) is 0 Å². The first kappa shape index (κ1) is 15.8. The van der Waals surface area contributed by atoms with E-state index in [4.69, 9.17) is 12.2 Å². The Kier molecular flexibility index (Phi) is 4.35. The van der Waals surface area contributed by atoms with E-state index in [2.05, 4.69) is 17.0 Å². The number of carbonyl (C=O) groups is 2. The predicted molar refractivity (Wildman–Crippen MR) is 94.2 cm³/mol. The highest BCUT2D eigenvalue weighted by Gasteiger charge is 2.32. The highest BCUT2D eigenvalue weighted by Crippen LogP contribution is 2.17. The minimum absolute atomic E-state index is 0.00290. The number of nitrogens with zero attached hydrogens (tertiary/aromatic N) is 3. The number of hydrogen-bond acceptors (Lipinski definition) is 4. The molecule has 0 saturated carbocycles. The van der Waals surface area contributed by atoms with Gasteiger partial charge in [0.05, 0.1) is 17.6 Å². The summed E-state index contributed by atoms with van der Waals surface area (Å²) in [6.45, 7) is 3.83. The standard InChI is InChI=1S/C17H14N4O2S/c1-2-10-20-16(23)14(15(22)19-17(20)24)11-13-8-9-18-21(13)12-6-4-3-5-7-12/h2-9,11H,1,10H2,(H,19,22,24)/b14-11-. The molecule has 24 heavy (non-hydrogen) atoms. The van der Waals surface area contributed by atoms with E-state index in [0.29, 0.717) is 5.69 Å². The van der Waals surface area contributed by atoms with Gasteiger partial charge in [-0.25, -0.2) is 4.68 Å². The summed E-state index contributed by atoms with van der Waals surface area (Å²) in [4.78, 5) is 26.0. The lowest BCUT2D eigenvalue weighted by atomic mass is 10.1. The molecule has 7 heteroatoms. The molecule has 0 atom stereocenters. The summed E-state index contributed by atoms with van der Waals surface area (Å²) >= 11 is 5.03. The van der Waals surface area contributed by atoms with Crippen molar-refractivity contribution in [2.75, 3.05) is 6.54 Å². The van der Waals surface area contributed by atoms with Gasteiger partial charge >= 0.3 is 0 Å². The van der Waals surface area contributed by atoms with E-state index in [1.807, 2.05) is 30.3 Å². The van der Waals surface area contributed by atoms with Crippen LogP contribution < -0.4 is 5.32 Å². The van der Waals surface area contributed by atoms with Crippen LogP contribution in [0.25, 0.3) is 11.8 Å². The van der Waals surface area contributed by atoms with Crippen LogP contribution in [-0.4, -0.2) is 38.2 Å². The van der Waals surface area contributed by atoms with Crippen LogP contribution in [0.4, 0.5) is 0 Å². The number of aromatic nitrogens is 2. The van der Waals surface area contributed by atoms with E-state index in [-0.39, 0.29) is 17.2 Å². The average Bonchev–Trinajstić information content (AvgIpc) is 3.04. The summed E-state index contributed by atoms with van der Waals surface area (Å²) in [6, 6.07) is 11.2. The summed E-state index contributed by atoms with van der Waals surface area (Å²) in [7, 11) is 0. The van der Waals surface area contributed by atoms with Crippen molar-refractivity contribution in [1.29, 1.82) is 0 Å². The number of rotatable bonds is 4. The van der Waals surface area contributed by atoms with Gasteiger partial charge in [-0.05, 0) is 36.5 Å². The Labute approximate surface area is 144 Å². The topological polar surface area (TPSA) is 67.2 Å². The summed E-state index contributed by atoms with van der Waals surface area (Å²) in [5.41, 5.74) is 1.45.